The largest absolute Gasteiger partial charge is 0.508 e. The van der Waals surface area contributed by atoms with E-state index in [9.17, 15) is 0 Å². The van der Waals surface area contributed by atoms with E-state index in [0.29, 0.717) is 5.75 Å². The predicted molar refractivity (Wildman–Crippen MR) is 70.8 cm³/mol. The maximum atomic E-state index is 8.65. The van der Waals surface area contributed by atoms with Crippen molar-refractivity contribution in [3.05, 3.63) is 54.6 Å². The Kier molecular flexibility index (Phi) is 8.77. The summed E-state index contributed by atoms with van der Waals surface area (Å²) in [6.45, 7) is 0. The average Bonchev–Trinajstić information content (AvgIpc) is 2.36. The van der Waals surface area contributed by atoms with Gasteiger partial charge in [-0.15, -0.1) is 0 Å². The summed E-state index contributed by atoms with van der Waals surface area (Å²) in [7, 11) is 3.25. The molecular formula is C14H18O4. The molecule has 2 aromatic carbocycles. The van der Waals surface area contributed by atoms with Gasteiger partial charge in [-0.25, -0.2) is 0 Å². The number of hydrogen-bond donors (Lipinski definition) is 3. The summed E-state index contributed by atoms with van der Waals surface area (Å²) in [6, 6.07) is 14.4. The van der Waals surface area contributed by atoms with Crippen LogP contribution >= 0.6 is 0 Å². The minimum Gasteiger partial charge on any atom is -0.508 e. The fraction of sp³-hybridized carbons (Fsp3) is 0.143. The molecule has 0 saturated carbocycles. The van der Waals surface area contributed by atoms with Crippen molar-refractivity contribution in [3.63, 3.8) is 0 Å². The van der Waals surface area contributed by atoms with E-state index < -0.39 is 0 Å². The Balaban J connectivity index is 0.000000267. The molecule has 0 fully saturated rings. The van der Waals surface area contributed by atoms with Gasteiger partial charge in [-0.05, 0) is 36.4 Å². The van der Waals surface area contributed by atoms with Gasteiger partial charge in [-0.1, -0.05) is 18.2 Å². The van der Waals surface area contributed by atoms with Gasteiger partial charge in [0.05, 0.1) is 0 Å². The molecule has 0 aliphatic carbocycles. The first-order chi connectivity index (χ1) is 8.60. The molecule has 2 aromatic rings. The smallest absolute Gasteiger partial charge is 0.115 e. The van der Waals surface area contributed by atoms with Crippen molar-refractivity contribution < 1.29 is 20.1 Å². The zero-order valence-electron chi connectivity index (χ0n) is 10.4. The second-order valence-electron chi connectivity index (χ2n) is 3.26. The summed E-state index contributed by atoms with van der Waals surface area (Å²) in [6.07, 6.45) is 0. The van der Waals surface area contributed by atoms with Crippen LogP contribution in [0.2, 0.25) is 0 Å². The van der Waals surface area contributed by atoms with E-state index in [1.54, 1.807) is 38.5 Å². The minimum absolute atomic E-state index is 0.169. The number of para-hydroxylation sites is 1. The van der Waals surface area contributed by atoms with Gasteiger partial charge in [0.2, 0.25) is 0 Å². The van der Waals surface area contributed by atoms with E-state index in [1.807, 2.05) is 6.07 Å². The lowest BCUT2D eigenvalue weighted by molar-refractivity contribution is 0.277. The highest BCUT2D eigenvalue weighted by atomic mass is 16.4. The second kappa shape index (κ2) is 9.99. The van der Waals surface area contributed by atoms with Gasteiger partial charge in [0.25, 0.3) is 0 Å². The van der Waals surface area contributed by atoms with Crippen LogP contribution in [0.5, 0.6) is 17.2 Å². The van der Waals surface area contributed by atoms with Crippen molar-refractivity contribution >= 4 is 0 Å². The molecule has 0 spiro atoms. The van der Waals surface area contributed by atoms with E-state index in [1.165, 1.54) is 24.3 Å². The van der Waals surface area contributed by atoms with Crippen LogP contribution in [0.15, 0.2) is 54.6 Å². The highest BCUT2D eigenvalue weighted by molar-refractivity contribution is 5.28. The summed E-state index contributed by atoms with van der Waals surface area (Å²) in [5.41, 5.74) is 0. The van der Waals surface area contributed by atoms with Crippen molar-refractivity contribution in [1.29, 1.82) is 0 Å². The number of methoxy groups -OCH3 is 1. The van der Waals surface area contributed by atoms with E-state index in [4.69, 9.17) is 15.3 Å². The molecule has 18 heavy (non-hydrogen) atoms. The normalized spacial score (nSPS) is 8.33. The number of phenolic OH excluding ortho intramolecular Hbond substituents is 3. The van der Waals surface area contributed by atoms with Crippen LogP contribution in [-0.4, -0.2) is 29.5 Å². The molecule has 2 rings (SSSR count). The van der Waals surface area contributed by atoms with Crippen LogP contribution in [0, 0.1) is 0 Å². The third kappa shape index (κ3) is 9.06. The Morgan fingerprint density at radius 3 is 1.11 bits per heavy atom. The van der Waals surface area contributed by atoms with Gasteiger partial charge in [0.15, 0.2) is 0 Å². The van der Waals surface area contributed by atoms with Crippen molar-refractivity contribution in [3.8, 4) is 17.2 Å². The molecule has 3 N–H and O–H groups in total. The SMILES string of the molecule is COC.Oc1ccc(O)cc1.Oc1ccccc1. The zero-order valence-corrected chi connectivity index (χ0v) is 10.4. The molecule has 0 amide bonds. The van der Waals surface area contributed by atoms with Gasteiger partial charge in [-0.2, -0.15) is 0 Å². The zero-order chi connectivity index (χ0) is 13.8. The van der Waals surface area contributed by atoms with Gasteiger partial charge >= 0.3 is 0 Å². The monoisotopic (exact) mass is 250 g/mol. The van der Waals surface area contributed by atoms with Crippen molar-refractivity contribution in [2.24, 2.45) is 0 Å². The molecule has 0 atom stereocenters. The summed E-state index contributed by atoms with van der Waals surface area (Å²) in [4.78, 5) is 0. The average molecular weight is 250 g/mol. The fourth-order valence-corrected chi connectivity index (χ4v) is 0.881. The van der Waals surface area contributed by atoms with Gasteiger partial charge in [0, 0.05) is 14.2 Å². The number of aromatic hydroxyl groups is 3. The molecule has 0 unspecified atom stereocenters. The Morgan fingerprint density at radius 2 is 0.889 bits per heavy atom. The van der Waals surface area contributed by atoms with Crippen LogP contribution in [0.1, 0.15) is 0 Å². The number of rotatable bonds is 0. The van der Waals surface area contributed by atoms with Crippen LogP contribution < -0.4 is 0 Å². The fourth-order valence-electron chi connectivity index (χ4n) is 0.881. The van der Waals surface area contributed by atoms with E-state index in [-0.39, 0.29) is 11.5 Å². The van der Waals surface area contributed by atoms with Crippen molar-refractivity contribution in [2.75, 3.05) is 14.2 Å². The molecule has 0 saturated heterocycles. The molecule has 0 aliphatic heterocycles. The number of ether oxygens (including phenoxy) is 1. The lowest BCUT2D eigenvalue weighted by atomic mass is 10.3. The Labute approximate surface area is 107 Å². The topological polar surface area (TPSA) is 69.9 Å². The second-order valence-corrected chi connectivity index (χ2v) is 3.26. The number of phenols is 3. The van der Waals surface area contributed by atoms with Crippen LogP contribution in [0.4, 0.5) is 0 Å². The number of hydrogen-bond acceptors (Lipinski definition) is 4. The molecule has 0 radical (unpaired) electrons. The Bertz CT molecular complexity index is 377. The summed E-state index contributed by atoms with van der Waals surface area (Å²) < 4.78 is 4.25. The van der Waals surface area contributed by atoms with Gasteiger partial charge < -0.3 is 20.1 Å². The third-order valence-electron chi connectivity index (χ3n) is 1.61. The number of benzene rings is 2. The van der Waals surface area contributed by atoms with Crippen LogP contribution in [0.3, 0.4) is 0 Å². The first-order valence-corrected chi connectivity index (χ1v) is 5.22. The molecule has 0 aromatic heterocycles. The Morgan fingerprint density at radius 1 is 0.611 bits per heavy atom. The summed E-state index contributed by atoms with van der Waals surface area (Å²) >= 11 is 0. The molecule has 4 heteroatoms. The minimum atomic E-state index is 0.169. The van der Waals surface area contributed by atoms with Crippen LogP contribution in [0.25, 0.3) is 0 Å². The highest BCUT2D eigenvalue weighted by Gasteiger charge is 1.84. The molecular weight excluding hydrogens is 232 g/mol. The summed E-state index contributed by atoms with van der Waals surface area (Å²) in [5.74, 6) is 0.660. The van der Waals surface area contributed by atoms with Crippen molar-refractivity contribution in [1.82, 2.24) is 0 Å². The van der Waals surface area contributed by atoms with Crippen LogP contribution in [-0.2, 0) is 4.74 Å². The first-order valence-electron chi connectivity index (χ1n) is 5.22. The molecule has 0 aliphatic rings. The molecule has 98 valence electrons. The van der Waals surface area contributed by atoms with Gasteiger partial charge in [0.1, 0.15) is 17.2 Å². The van der Waals surface area contributed by atoms with E-state index in [0.717, 1.165) is 0 Å². The van der Waals surface area contributed by atoms with Crippen molar-refractivity contribution in [2.45, 2.75) is 0 Å². The first kappa shape index (κ1) is 15.8. The highest BCUT2D eigenvalue weighted by Crippen LogP contribution is 2.13. The molecule has 0 bridgehead atoms. The van der Waals surface area contributed by atoms with E-state index >= 15 is 0 Å². The third-order valence-corrected chi connectivity index (χ3v) is 1.61. The molecule has 0 heterocycles. The lowest BCUT2D eigenvalue weighted by Gasteiger charge is -1.88. The molecule has 4 nitrogen and oxygen atoms in total. The summed E-state index contributed by atoms with van der Waals surface area (Å²) in [5, 5.41) is 25.9. The van der Waals surface area contributed by atoms with E-state index in [2.05, 4.69) is 4.74 Å². The maximum Gasteiger partial charge on any atom is 0.115 e. The standard InChI is InChI=1S/C6H6O2.C6H6O.C2H6O/c7-5-1-2-6(8)4-3-5;7-6-4-2-1-3-5-6;1-3-2/h1-4,7-8H;1-5,7H;1-2H3. The predicted octanol–water partition coefficient (Wildman–Crippen LogP) is 2.75. The van der Waals surface area contributed by atoms with Gasteiger partial charge in [-0.3, -0.25) is 0 Å². The maximum absolute atomic E-state index is 8.65. The quantitative estimate of drug-likeness (QED) is 0.629. The Hall–Kier alpha value is -2.20. The lowest BCUT2D eigenvalue weighted by Crippen LogP contribution is -1.61.